The Labute approximate surface area is 111 Å². The third-order valence-electron chi connectivity index (χ3n) is 2.88. The van der Waals surface area contributed by atoms with Gasteiger partial charge in [0.05, 0.1) is 0 Å². The van der Waals surface area contributed by atoms with Crippen LogP contribution in [-0.4, -0.2) is 16.8 Å². The second-order valence-corrected chi connectivity index (χ2v) is 4.48. The fourth-order valence-electron chi connectivity index (χ4n) is 2.05. The summed E-state index contributed by atoms with van der Waals surface area (Å²) in [6, 6.07) is 7.85. The summed E-state index contributed by atoms with van der Waals surface area (Å²) in [5.41, 5.74) is 2.08. The van der Waals surface area contributed by atoms with Crippen molar-refractivity contribution in [3.05, 3.63) is 41.3 Å². The molecule has 0 saturated heterocycles. The Hall–Kier alpha value is -2.30. The average Bonchev–Trinajstić information content (AvgIpc) is 2.82. The molecule has 1 aliphatic rings. The Morgan fingerprint density at radius 1 is 1.11 bits per heavy atom. The van der Waals surface area contributed by atoms with Crippen molar-refractivity contribution in [2.45, 2.75) is 20.4 Å². The number of aromatic nitrogens is 2. The van der Waals surface area contributed by atoms with Crippen LogP contribution in [0.1, 0.15) is 17.1 Å². The van der Waals surface area contributed by atoms with Gasteiger partial charge in [-0.2, -0.15) is 0 Å². The first-order valence-electron chi connectivity index (χ1n) is 6.15. The van der Waals surface area contributed by atoms with E-state index in [1.54, 1.807) is 0 Å². The summed E-state index contributed by atoms with van der Waals surface area (Å²) >= 11 is 0. The summed E-state index contributed by atoms with van der Waals surface area (Å²) in [7, 11) is 0. The van der Waals surface area contributed by atoms with Gasteiger partial charge in [-0.3, -0.25) is 0 Å². The molecule has 1 aliphatic heterocycles. The van der Waals surface area contributed by atoms with E-state index in [-0.39, 0.29) is 0 Å². The molecule has 0 saturated carbocycles. The summed E-state index contributed by atoms with van der Waals surface area (Å²) in [5, 5.41) is 3.29. The zero-order valence-corrected chi connectivity index (χ0v) is 10.9. The van der Waals surface area contributed by atoms with E-state index < -0.39 is 0 Å². The zero-order chi connectivity index (χ0) is 13.2. The van der Waals surface area contributed by atoms with Crippen LogP contribution in [0, 0.1) is 13.8 Å². The zero-order valence-electron chi connectivity index (χ0n) is 10.9. The number of fused-ring (bicyclic) bond motifs is 1. The van der Waals surface area contributed by atoms with E-state index in [9.17, 15) is 0 Å². The lowest BCUT2D eigenvalue weighted by Gasteiger charge is -2.07. The van der Waals surface area contributed by atoms with E-state index in [0.29, 0.717) is 13.3 Å². The van der Waals surface area contributed by atoms with E-state index >= 15 is 0 Å². The number of rotatable bonds is 3. The van der Waals surface area contributed by atoms with E-state index in [2.05, 4.69) is 15.3 Å². The van der Waals surface area contributed by atoms with Gasteiger partial charge < -0.3 is 14.8 Å². The lowest BCUT2D eigenvalue weighted by atomic mass is 10.2. The van der Waals surface area contributed by atoms with Crippen molar-refractivity contribution >= 4 is 5.82 Å². The Balaban J connectivity index is 1.72. The fraction of sp³-hybridized carbons (Fsp3) is 0.286. The van der Waals surface area contributed by atoms with E-state index in [4.69, 9.17) is 9.47 Å². The number of nitrogens with one attached hydrogen (secondary N) is 1. The van der Waals surface area contributed by atoms with E-state index in [0.717, 1.165) is 34.4 Å². The number of nitrogens with zero attached hydrogens (tertiary/aromatic N) is 2. The highest BCUT2D eigenvalue weighted by Gasteiger charge is 2.12. The Morgan fingerprint density at radius 3 is 2.79 bits per heavy atom. The van der Waals surface area contributed by atoms with Gasteiger partial charge in [0.25, 0.3) is 0 Å². The first-order chi connectivity index (χ1) is 9.20. The van der Waals surface area contributed by atoms with Crippen LogP contribution in [0.2, 0.25) is 0 Å². The topological polar surface area (TPSA) is 56.3 Å². The number of hydrogen-bond acceptors (Lipinski definition) is 5. The Bertz CT molecular complexity index is 593. The van der Waals surface area contributed by atoms with Gasteiger partial charge in [-0.15, -0.1) is 0 Å². The number of hydrogen-bond donors (Lipinski definition) is 1. The lowest BCUT2D eigenvalue weighted by molar-refractivity contribution is 0.174. The average molecular weight is 257 g/mol. The predicted molar refractivity (Wildman–Crippen MR) is 71.4 cm³/mol. The van der Waals surface area contributed by atoms with Crippen molar-refractivity contribution in [1.29, 1.82) is 0 Å². The smallest absolute Gasteiger partial charge is 0.231 e. The minimum atomic E-state index is 0.302. The van der Waals surface area contributed by atoms with Crippen molar-refractivity contribution in [2.24, 2.45) is 0 Å². The highest BCUT2D eigenvalue weighted by Crippen LogP contribution is 2.32. The molecule has 2 heterocycles. The first-order valence-corrected chi connectivity index (χ1v) is 6.15. The molecule has 0 aliphatic carbocycles. The molecule has 0 fully saturated rings. The molecule has 5 heteroatoms. The highest BCUT2D eigenvalue weighted by atomic mass is 16.7. The van der Waals surface area contributed by atoms with Crippen molar-refractivity contribution in [2.75, 3.05) is 12.1 Å². The van der Waals surface area contributed by atoms with Crippen LogP contribution in [0.5, 0.6) is 11.5 Å². The molecule has 0 amide bonds. The molecule has 0 spiro atoms. The van der Waals surface area contributed by atoms with E-state index in [1.807, 2.05) is 38.1 Å². The van der Waals surface area contributed by atoms with Gasteiger partial charge in [0.1, 0.15) is 11.6 Å². The molecule has 0 bridgehead atoms. The molecule has 1 N–H and O–H groups in total. The monoisotopic (exact) mass is 257 g/mol. The molecule has 98 valence electrons. The minimum absolute atomic E-state index is 0.302. The van der Waals surface area contributed by atoms with Crippen LogP contribution in [0.3, 0.4) is 0 Å². The second-order valence-electron chi connectivity index (χ2n) is 4.48. The van der Waals surface area contributed by atoms with Crippen LogP contribution < -0.4 is 14.8 Å². The number of ether oxygens (including phenoxy) is 2. The van der Waals surface area contributed by atoms with Gasteiger partial charge in [0.2, 0.25) is 6.79 Å². The van der Waals surface area contributed by atoms with Gasteiger partial charge in [0, 0.05) is 18.3 Å². The summed E-state index contributed by atoms with van der Waals surface area (Å²) < 4.78 is 10.6. The van der Waals surface area contributed by atoms with Crippen molar-refractivity contribution in [3.63, 3.8) is 0 Å². The summed E-state index contributed by atoms with van der Waals surface area (Å²) in [4.78, 5) is 8.59. The van der Waals surface area contributed by atoms with Gasteiger partial charge in [-0.05, 0) is 31.5 Å². The molecule has 19 heavy (non-hydrogen) atoms. The first kappa shape index (κ1) is 11.8. The number of anilines is 1. The molecular weight excluding hydrogens is 242 g/mol. The SMILES string of the molecule is Cc1cc(NCc2ccc3c(c2)OCO3)nc(C)n1. The summed E-state index contributed by atoms with van der Waals surface area (Å²) in [6.07, 6.45) is 0. The fourth-order valence-corrected chi connectivity index (χ4v) is 2.05. The van der Waals surface area contributed by atoms with Crippen LogP contribution in [0.25, 0.3) is 0 Å². The van der Waals surface area contributed by atoms with Crippen molar-refractivity contribution < 1.29 is 9.47 Å². The standard InChI is InChI=1S/C14H15N3O2/c1-9-5-14(17-10(2)16-9)15-7-11-3-4-12-13(6-11)19-8-18-12/h3-6H,7-8H2,1-2H3,(H,15,16,17). The van der Waals surface area contributed by atoms with Gasteiger partial charge >= 0.3 is 0 Å². The highest BCUT2D eigenvalue weighted by molar-refractivity contribution is 5.46. The van der Waals surface area contributed by atoms with Gasteiger partial charge in [-0.1, -0.05) is 6.07 Å². The maximum atomic E-state index is 5.35. The maximum Gasteiger partial charge on any atom is 0.231 e. The molecule has 5 nitrogen and oxygen atoms in total. The molecule has 0 atom stereocenters. The van der Waals surface area contributed by atoms with Gasteiger partial charge in [0.15, 0.2) is 11.5 Å². The molecule has 0 unspecified atom stereocenters. The Morgan fingerprint density at radius 2 is 1.95 bits per heavy atom. The lowest BCUT2D eigenvalue weighted by Crippen LogP contribution is -2.03. The maximum absolute atomic E-state index is 5.35. The predicted octanol–water partition coefficient (Wildman–Crippen LogP) is 2.43. The molecular formula is C14H15N3O2. The van der Waals surface area contributed by atoms with Crippen LogP contribution >= 0.6 is 0 Å². The number of aryl methyl sites for hydroxylation is 2. The minimum Gasteiger partial charge on any atom is -0.454 e. The van der Waals surface area contributed by atoms with Gasteiger partial charge in [-0.25, -0.2) is 9.97 Å². The van der Waals surface area contributed by atoms with Crippen LogP contribution in [-0.2, 0) is 6.54 Å². The largest absolute Gasteiger partial charge is 0.454 e. The Kier molecular flexibility index (Phi) is 2.95. The third-order valence-corrected chi connectivity index (χ3v) is 2.88. The second kappa shape index (κ2) is 4.76. The summed E-state index contributed by atoms with van der Waals surface area (Å²) in [5.74, 6) is 3.21. The third kappa shape index (κ3) is 2.59. The van der Waals surface area contributed by atoms with Crippen molar-refractivity contribution in [1.82, 2.24) is 9.97 Å². The number of benzene rings is 1. The molecule has 1 aromatic carbocycles. The van der Waals surface area contributed by atoms with Crippen molar-refractivity contribution in [3.8, 4) is 11.5 Å². The molecule has 1 aromatic heterocycles. The van der Waals surface area contributed by atoms with Crippen LogP contribution in [0.4, 0.5) is 5.82 Å². The normalized spacial score (nSPS) is 12.5. The summed E-state index contributed by atoms with van der Waals surface area (Å²) in [6.45, 7) is 4.84. The van der Waals surface area contributed by atoms with Crippen LogP contribution in [0.15, 0.2) is 24.3 Å². The van der Waals surface area contributed by atoms with E-state index in [1.165, 1.54) is 0 Å². The molecule has 2 aromatic rings. The molecule has 0 radical (unpaired) electrons. The quantitative estimate of drug-likeness (QED) is 0.915. The molecule has 3 rings (SSSR count).